The molecule has 1 amide bonds. The molecule has 0 aliphatic rings. The number of hydrogen-bond donors (Lipinski definition) is 0. The van der Waals surface area contributed by atoms with Crippen LogP contribution in [0.4, 0.5) is 15.8 Å². The second-order valence-electron chi connectivity index (χ2n) is 6.77. The van der Waals surface area contributed by atoms with Crippen LogP contribution in [0.2, 0.25) is 0 Å². The van der Waals surface area contributed by atoms with Gasteiger partial charge in [-0.1, -0.05) is 22.0 Å². The summed E-state index contributed by atoms with van der Waals surface area (Å²) in [6.07, 6.45) is 0. The molecule has 0 aliphatic carbocycles. The lowest BCUT2D eigenvalue weighted by atomic mass is 10.1. The lowest BCUT2D eigenvalue weighted by Gasteiger charge is -2.22. The number of carbonyl (C=O) groups is 1. The molecule has 5 nitrogen and oxygen atoms in total. The summed E-state index contributed by atoms with van der Waals surface area (Å²) in [7, 11) is -0.841. The third kappa shape index (κ3) is 4.39. The molecule has 3 aromatic rings. The molecule has 0 aliphatic heterocycles. The Morgan fingerprint density at radius 3 is 2.27 bits per heavy atom. The lowest BCUT2D eigenvalue weighted by molar-refractivity contribution is 0.0992. The molecule has 0 atom stereocenters. The number of carbonyl (C=O) groups excluding carboxylic acids is 1. The van der Waals surface area contributed by atoms with Crippen LogP contribution in [-0.2, 0) is 10.0 Å². The molecule has 30 heavy (non-hydrogen) atoms. The van der Waals surface area contributed by atoms with Crippen molar-refractivity contribution in [2.75, 3.05) is 23.3 Å². The predicted molar refractivity (Wildman–Crippen MR) is 120 cm³/mol. The van der Waals surface area contributed by atoms with Gasteiger partial charge in [0.15, 0.2) is 0 Å². The zero-order chi connectivity index (χ0) is 22.1. The quantitative estimate of drug-likeness (QED) is 0.505. The average molecular weight is 491 g/mol. The Hall–Kier alpha value is -2.71. The zero-order valence-corrected chi connectivity index (χ0v) is 19.0. The molecule has 8 heteroatoms. The van der Waals surface area contributed by atoms with E-state index in [1.807, 2.05) is 0 Å². The molecular weight excluding hydrogens is 471 g/mol. The summed E-state index contributed by atoms with van der Waals surface area (Å²) in [6, 6.07) is 16.9. The molecule has 156 valence electrons. The number of hydrogen-bond acceptors (Lipinski definition) is 3. The first-order valence-electron chi connectivity index (χ1n) is 9.00. The summed E-state index contributed by atoms with van der Waals surface area (Å²) in [5, 5.41) is 0. The van der Waals surface area contributed by atoms with Crippen LogP contribution in [0.15, 0.2) is 76.1 Å². The molecule has 0 aromatic heterocycles. The first-order chi connectivity index (χ1) is 14.1. The minimum atomic E-state index is -3.87. The molecule has 0 heterocycles. The molecule has 0 saturated heterocycles. The molecule has 0 saturated carbocycles. The highest BCUT2D eigenvalue weighted by molar-refractivity contribution is 9.10. The van der Waals surface area contributed by atoms with Crippen molar-refractivity contribution in [3.8, 4) is 0 Å². The molecule has 0 spiro atoms. The summed E-state index contributed by atoms with van der Waals surface area (Å²) in [6.45, 7) is 1.70. The highest BCUT2D eigenvalue weighted by atomic mass is 79.9. The Morgan fingerprint density at radius 2 is 1.63 bits per heavy atom. The van der Waals surface area contributed by atoms with Crippen molar-refractivity contribution in [2.24, 2.45) is 0 Å². The molecule has 0 bridgehead atoms. The topological polar surface area (TPSA) is 57.7 Å². The van der Waals surface area contributed by atoms with Crippen LogP contribution in [0.3, 0.4) is 0 Å². The van der Waals surface area contributed by atoms with Crippen molar-refractivity contribution in [1.82, 2.24) is 0 Å². The van der Waals surface area contributed by atoms with Gasteiger partial charge in [-0.15, -0.1) is 0 Å². The maximum atomic E-state index is 13.4. The number of aryl methyl sites for hydroxylation is 1. The first kappa shape index (κ1) is 22.0. The summed E-state index contributed by atoms with van der Waals surface area (Å²) in [5.41, 5.74) is 1.85. The Bertz CT molecular complexity index is 1200. The van der Waals surface area contributed by atoms with Gasteiger partial charge in [-0.2, -0.15) is 0 Å². The third-order valence-corrected chi connectivity index (χ3v) is 7.06. The fourth-order valence-corrected chi connectivity index (χ4v) is 4.54. The third-order valence-electron chi connectivity index (χ3n) is 4.75. The number of nitrogens with zero attached hydrogens (tertiary/aromatic N) is 2. The molecule has 0 radical (unpaired) electrons. The van der Waals surface area contributed by atoms with Crippen molar-refractivity contribution in [1.29, 1.82) is 0 Å². The van der Waals surface area contributed by atoms with E-state index >= 15 is 0 Å². The van der Waals surface area contributed by atoms with Crippen molar-refractivity contribution in [2.45, 2.75) is 11.8 Å². The van der Waals surface area contributed by atoms with Crippen LogP contribution >= 0.6 is 15.9 Å². The standard InChI is InChI=1S/C22H20BrFN2O3S/c1-15-13-18(24)9-12-21(15)25(2)22(27)16-5-4-6-20(14-16)30(28,29)26(3)19-10-7-17(23)8-11-19/h4-14H,1-3H3. The number of sulfonamides is 1. The van der Waals surface area contributed by atoms with Gasteiger partial charge in [-0.3, -0.25) is 9.10 Å². The number of amides is 1. The van der Waals surface area contributed by atoms with Crippen molar-refractivity contribution >= 4 is 43.2 Å². The second kappa shape index (κ2) is 8.57. The minimum Gasteiger partial charge on any atom is -0.311 e. The van der Waals surface area contributed by atoms with E-state index in [0.29, 0.717) is 16.9 Å². The fourth-order valence-electron chi connectivity index (χ4n) is 3.04. The van der Waals surface area contributed by atoms with Gasteiger partial charge in [-0.25, -0.2) is 12.8 Å². The molecule has 3 aromatic carbocycles. The van der Waals surface area contributed by atoms with E-state index in [0.717, 1.165) is 8.78 Å². The average Bonchev–Trinajstić information content (AvgIpc) is 2.73. The van der Waals surface area contributed by atoms with Gasteiger partial charge in [0.25, 0.3) is 15.9 Å². The summed E-state index contributed by atoms with van der Waals surface area (Å²) in [5.74, 6) is -0.783. The minimum absolute atomic E-state index is 0.00277. The molecule has 0 unspecified atom stereocenters. The SMILES string of the molecule is Cc1cc(F)ccc1N(C)C(=O)c1cccc(S(=O)(=O)N(C)c2ccc(Br)cc2)c1. The fraction of sp³-hybridized carbons (Fsp3) is 0.136. The zero-order valence-electron chi connectivity index (χ0n) is 16.6. The molecular formula is C22H20BrFN2O3S. The number of anilines is 2. The van der Waals surface area contributed by atoms with Crippen LogP contribution in [0.5, 0.6) is 0 Å². The highest BCUT2D eigenvalue weighted by Crippen LogP contribution is 2.26. The normalized spacial score (nSPS) is 11.2. The van der Waals surface area contributed by atoms with Gasteiger partial charge in [0.2, 0.25) is 0 Å². The van der Waals surface area contributed by atoms with Gasteiger partial charge in [0, 0.05) is 29.8 Å². The number of rotatable bonds is 5. The van der Waals surface area contributed by atoms with Gasteiger partial charge in [-0.05, 0) is 73.2 Å². The van der Waals surface area contributed by atoms with Gasteiger partial charge in [0.1, 0.15) is 5.82 Å². The summed E-state index contributed by atoms with van der Waals surface area (Å²) < 4.78 is 41.5. The molecule has 0 N–H and O–H groups in total. The van der Waals surface area contributed by atoms with E-state index in [9.17, 15) is 17.6 Å². The lowest BCUT2D eigenvalue weighted by Crippen LogP contribution is -2.29. The largest absolute Gasteiger partial charge is 0.311 e. The Morgan fingerprint density at radius 1 is 0.967 bits per heavy atom. The van der Waals surface area contributed by atoms with Gasteiger partial charge < -0.3 is 4.90 Å². The first-order valence-corrected chi connectivity index (χ1v) is 11.2. The highest BCUT2D eigenvalue weighted by Gasteiger charge is 2.23. The van der Waals surface area contributed by atoms with Crippen LogP contribution in [0.25, 0.3) is 0 Å². The predicted octanol–water partition coefficient (Wildman–Crippen LogP) is 5.00. The summed E-state index contributed by atoms with van der Waals surface area (Å²) >= 11 is 3.33. The van der Waals surface area contributed by atoms with E-state index in [2.05, 4.69) is 15.9 Å². The maximum absolute atomic E-state index is 13.4. The van der Waals surface area contributed by atoms with E-state index in [1.165, 1.54) is 48.3 Å². The van der Waals surface area contributed by atoms with Crippen molar-refractivity contribution < 1.29 is 17.6 Å². The number of benzene rings is 3. The van der Waals surface area contributed by atoms with E-state index in [1.54, 1.807) is 44.3 Å². The van der Waals surface area contributed by atoms with Gasteiger partial charge in [0.05, 0.1) is 10.6 Å². The molecule has 0 fully saturated rings. The van der Waals surface area contributed by atoms with E-state index in [-0.39, 0.29) is 16.3 Å². The second-order valence-corrected chi connectivity index (χ2v) is 9.66. The van der Waals surface area contributed by atoms with Crippen LogP contribution in [0.1, 0.15) is 15.9 Å². The van der Waals surface area contributed by atoms with E-state index in [4.69, 9.17) is 0 Å². The summed E-state index contributed by atoms with van der Waals surface area (Å²) in [4.78, 5) is 14.3. The Kier molecular flexibility index (Phi) is 6.28. The molecule has 3 rings (SSSR count). The maximum Gasteiger partial charge on any atom is 0.264 e. The van der Waals surface area contributed by atoms with Crippen LogP contribution < -0.4 is 9.21 Å². The van der Waals surface area contributed by atoms with Crippen molar-refractivity contribution in [3.05, 3.63) is 88.1 Å². The Labute approximate surface area is 183 Å². The van der Waals surface area contributed by atoms with Crippen LogP contribution in [-0.4, -0.2) is 28.4 Å². The monoisotopic (exact) mass is 490 g/mol. The van der Waals surface area contributed by atoms with E-state index < -0.39 is 15.9 Å². The van der Waals surface area contributed by atoms with Gasteiger partial charge >= 0.3 is 0 Å². The smallest absolute Gasteiger partial charge is 0.264 e. The van der Waals surface area contributed by atoms with Crippen LogP contribution in [0, 0.1) is 12.7 Å². The van der Waals surface area contributed by atoms with Crippen molar-refractivity contribution in [3.63, 3.8) is 0 Å². The Balaban J connectivity index is 1.93. The number of halogens is 2.